The van der Waals surface area contributed by atoms with Crippen molar-refractivity contribution in [1.29, 1.82) is 0 Å². The van der Waals surface area contributed by atoms with Gasteiger partial charge in [0, 0.05) is 13.0 Å². The number of carbonyl (C=O) groups excluding carboxylic acids is 5. The molecule has 2 atom stereocenters. The molecule has 3 N–H and O–H groups in total. The van der Waals surface area contributed by atoms with E-state index < -0.39 is 17.9 Å². The van der Waals surface area contributed by atoms with Gasteiger partial charge in [0.1, 0.15) is 6.04 Å². The van der Waals surface area contributed by atoms with Crippen LogP contribution in [0.25, 0.3) is 0 Å². The van der Waals surface area contributed by atoms with E-state index in [1.165, 1.54) is 5.01 Å². The van der Waals surface area contributed by atoms with Gasteiger partial charge in [-0.2, -0.15) is 9.59 Å². The van der Waals surface area contributed by atoms with Crippen LogP contribution in [0.2, 0.25) is 0 Å². The maximum Gasteiger partial charge on any atom is 0.373 e. The van der Waals surface area contributed by atoms with Crippen molar-refractivity contribution < 1.29 is 33.6 Å². The summed E-state index contributed by atoms with van der Waals surface area (Å²) in [5.41, 5.74) is 2.95. The van der Waals surface area contributed by atoms with Crippen molar-refractivity contribution in [3.8, 4) is 0 Å². The quantitative estimate of drug-likeness (QED) is 0.265. The first-order valence-corrected chi connectivity index (χ1v) is 10.5. The number of nitrogens with zero attached hydrogens (tertiary/aromatic N) is 4. The van der Waals surface area contributed by atoms with Crippen LogP contribution in [0.15, 0.2) is 4.42 Å². The Morgan fingerprint density at radius 2 is 2.03 bits per heavy atom. The van der Waals surface area contributed by atoms with Crippen molar-refractivity contribution in [3.63, 3.8) is 0 Å². The van der Waals surface area contributed by atoms with E-state index in [0.29, 0.717) is 42.7 Å². The average Bonchev–Trinajstić information content (AvgIpc) is 3.54. The van der Waals surface area contributed by atoms with Gasteiger partial charge in [-0.15, -0.1) is 5.10 Å². The fourth-order valence-electron chi connectivity index (χ4n) is 4.04. The highest BCUT2D eigenvalue weighted by atomic mass is 16.5. The lowest BCUT2D eigenvalue weighted by molar-refractivity contribution is -0.191. The molecule has 1 aromatic heterocycles. The Kier molecular flexibility index (Phi) is 9.92. The highest BCUT2D eigenvalue weighted by Gasteiger charge is 2.39. The van der Waals surface area contributed by atoms with Crippen molar-refractivity contribution >= 4 is 30.4 Å². The molecule has 0 bridgehead atoms. The minimum Gasteiger partial charge on any atom is -0.408 e. The number of hydrazine groups is 1. The zero-order valence-electron chi connectivity index (χ0n) is 17.9. The third kappa shape index (κ3) is 6.94. The molecular weight excluding hydrogens is 424 g/mol. The molecule has 1 saturated carbocycles. The summed E-state index contributed by atoms with van der Waals surface area (Å²) in [6.45, 7) is 2.21. The zero-order valence-corrected chi connectivity index (χ0v) is 17.9. The van der Waals surface area contributed by atoms with Crippen molar-refractivity contribution in [2.24, 2.45) is 11.8 Å². The summed E-state index contributed by atoms with van der Waals surface area (Å²) in [5, 5.41) is 21.6. The number of hydroxylamine groups is 2. The molecule has 176 valence electrons. The van der Waals surface area contributed by atoms with E-state index in [9.17, 15) is 19.6 Å². The number of amides is 3. The van der Waals surface area contributed by atoms with Crippen molar-refractivity contribution in [2.45, 2.75) is 57.9 Å². The van der Waals surface area contributed by atoms with Gasteiger partial charge in [0.05, 0.1) is 12.5 Å². The summed E-state index contributed by atoms with van der Waals surface area (Å²) in [5.74, 6) is -0.541. The molecule has 2 heterocycles. The monoisotopic (exact) mass is 452 g/mol. The van der Waals surface area contributed by atoms with Gasteiger partial charge in [0.25, 0.3) is 5.91 Å². The first-order valence-electron chi connectivity index (χ1n) is 10.5. The number of nitrogens with one attached hydrogen (secondary N) is 2. The van der Waals surface area contributed by atoms with Crippen LogP contribution in [0.5, 0.6) is 0 Å². The predicted molar refractivity (Wildman–Crippen MR) is 105 cm³/mol. The molecule has 0 unspecified atom stereocenters. The molecule has 1 aliphatic heterocycles. The van der Waals surface area contributed by atoms with Gasteiger partial charge in [-0.3, -0.25) is 29.9 Å². The number of aryl methyl sites for hydroxylation is 1. The minimum atomic E-state index is -0.742. The van der Waals surface area contributed by atoms with Gasteiger partial charge in [0.15, 0.2) is 0 Å². The first kappa shape index (κ1) is 25.1. The van der Waals surface area contributed by atoms with E-state index in [1.807, 2.05) is 6.92 Å². The summed E-state index contributed by atoms with van der Waals surface area (Å²) in [7, 11) is 0. The lowest BCUT2D eigenvalue weighted by atomic mass is 9.92. The van der Waals surface area contributed by atoms with Crippen LogP contribution in [0.4, 0.5) is 6.01 Å². The van der Waals surface area contributed by atoms with Crippen LogP contribution in [0, 0.1) is 11.8 Å². The Bertz CT molecular complexity index is 804. The Balaban J connectivity index is 0.00000114. The fourth-order valence-corrected chi connectivity index (χ4v) is 4.04. The largest absolute Gasteiger partial charge is 0.408 e. The van der Waals surface area contributed by atoms with Crippen molar-refractivity contribution in [2.75, 3.05) is 18.4 Å². The number of rotatable bonds is 9. The molecule has 3 rings (SSSR count). The molecule has 2 aliphatic rings. The van der Waals surface area contributed by atoms with E-state index >= 15 is 0 Å². The van der Waals surface area contributed by atoms with Gasteiger partial charge in [-0.25, -0.2) is 10.5 Å². The van der Waals surface area contributed by atoms with E-state index in [1.54, 1.807) is 0 Å². The molecule has 0 radical (unpaired) electrons. The van der Waals surface area contributed by atoms with E-state index in [0.717, 1.165) is 25.7 Å². The summed E-state index contributed by atoms with van der Waals surface area (Å²) in [4.78, 5) is 53.0. The molecule has 32 heavy (non-hydrogen) atoms. The third-order valence-electron chi connectivity index (χ3n) is 5.52. The fraction of sp³-hybridized carbons (Fsp3) is 0.684. The van der Waals surface area contributed by atoms with Crippen molar-refractivity contribution in [3.05, 3.63) is 5.89 Å². The maximum absolute atomic E-state index is 13.2. The smallest absolute Gasteiger partial charge is 0.373 e. The molecule has 0 aromatic carbocycles. The van der Waals surface area contributed by atoms with Gasteiger partial charge in [-0.05, 0) is 18.8 Å². The topological polar surface area (TPSA) is 175 Å². The van der Waals surface area contributed by atoms with E-state index in [-0.39, 0.29) is 31.0 Å². The van der Waals surface area contributed by atoms with Crippen molar-refractivity contribution in [1.82, 2.24) is 25.7 Å². The molecule has 1 aromatic rings. The van der Waals surface area contributed by atoms with Crippen LogP contribution in [0.1, 0.15) is 51.3 Å². The lowest BCUT2D eigenvalue weighted by Gasteiger charge is -2.29. The average molecular weight is 452 g/mol. The second-order valence-electron chi connectivity index (χ2n) is 7.66. The Hall–Kier alpha value is -3.15. The Morgan fingerprint density at radius 3 is 2.62 bits per heavy atom. The molecule has 2 fully saturated rings. The molecule has 1 saturated heterocycles. The first-order chi connectivity index (χ1) is 15.4. The second kappa shape index (κ2) is 12.6. The second-order valence-corrected chi connectivity index (χ2v) is 7.66. The molecule has 13 heteroatoms. The summed E-state index contributed by atoms with van der Waals surface area (Å²) >= 11 is 0. The number of carbonyl (C=O) groups is 3. The Morgan fingerprint density at radius 1 is 1.34 bits per heavy atom. The number of hydrogen-bond acceptors (Lipinski definition) is 10. The highest BCUT2D eigenvalue weighted by molar-refractivity contribution is 5.96. The summed E-state index contributed by atoms with van der Waals surface area (Å²) in [6.07, 6.45) is 6.40. The zero-order chi connectivity index (χ0) is 23.5. The summed E-state index contributed by atoms with van der Waals surface area (Å²) in [6, 6.07) is -0.745. The van der Waals surface area contributed by atoms with Gasteiger partial charge < -0.3 is 4.42 Å². The molecular formula is C19H28N6O7. The summed E-state index contributed by atoms with van der Waals surface area (Å²) < 4.78 is 5.31. The lowest BCUT2D eigenvalue weighted by Crippen LogP contribution is -2.51. The van der Waals surface area contributed by atoms with E-state index in [4.69, 9.17) is 14.0 Å². The Labute approximate surface area is 184 Å². The van der Waals surface area contributed by atoms with Crippen LogP contribution in [0.3, 0.4) is 0 Å². The van der Waals surface area contributed by atoms with Crippen LogP contribution >= 0.6 is 0 Å². The minimum absolute atomic E-state index is 0.00357. The number of anilines is 1. The standard InChI is InChI=1S/C18H28N6O5.CO2/c1-2-15-21-22-18(29-15)20-16(26)14-7-8-19-24(14)17(27)13(10-23(28)11-25)9-12-5-3-4-6-12;2-1-3/h11-14,19,28H,2-10H2,1H3,(H,20,22,26);/t13-,14+;/m1./s1. The number of aromatic nitrogens is 2. The molecule has 1 aliphatic carbocycles. The number of hydrogen-bond donors (Lipinski definition) is 3. The predicted octanol–water partition coefficient (Wildman–Crippen LogP) is 0.137. The van der Waals surface area contributed by atoms with Crippen LogP contribution in [-0.4, -0.2) is 69.0 Å². The SMILES string of the molecule is CCc1nnc(NC(=O)[C@@H]2CCNN2C(=O)[C@H](CC2CCCC2)CN(O)C=O)o1.O=C=O. The van der Waals surface area contributed by atoms with Crippen LogP contribution in [-0.2, 0) is 30.4 Å². The van der Waals surface area contributed by atoms with Gasteiger partial charge in [0.2, 0.25) is 18.2 Å². The highest BCUT2D eigenvalue weighted by Crippen LogP contribution is 2.31. The van der Waals surface area contributed by atoms with Gasteiger partial charge >= 0.3 is 12.2 Å². The van der Waals surface area contributed by atoms with Gasteiger partial charge in [-0.1, -0.05) is 37.7 Å². The van der Waals surface area contributed by atoms with Crippen LogP contribution < -0.4 is 10.7 Å². The van der Waals surface area contributed by atoms with E-state index in [2.05, 4.69) is 20.9 Å². The third-order valence-corrected chi connectivity index (χ3v) is 5.52. The molecule has 0 spiro atoms. The molecule has 3 amide bonds. The molecule has 13 nitrogen and oxygen atoms in total. The normalized spacial score (nSPS) is 18.9. The maximum atomic E-state index is 13.2.